The molecule has 0 aliphatic rings. The second-order valence-electron chi connectivity index (χ2n) is 6.02. The smallest absolute Gasteiger partial charge is 0.233 e. The lowest BCUT2D eigenvalue weighted by atomic mass is 10.0. The van der Waals surface area contributed by atoms with Gasteiger partial charge in [0.15, 0.2) is 0 Å². The van der Waals surface area contributed by atoms with E-state index < -0.39 is 10.0 Å². The van der Waals surface area contributed by atoms with Crippen LogP contribution in [-0.4, -0.2) is 19.0 Å². The van der Waals surface area contributed by atoms with Crippen LogP contribution in [0.5, 0.6) is 0 Å². The monoisotopic (exact) mass is 375 g/mol. The zero-order chi connectivity index (χ0) is 18.4. The van der Waals surface area contributed by atoms with Crippen LogP contribution in [0.1, 0.15) is 24.5 Å². The highest BCUT2D eigenvalue weighted by Gasteiger charge is 2.23. The third-order valence-corrected chi connectivity index (χ3v) is 5.28. The van der Waals surface area contributed by atoms with Crippen molar-refractivity contribution in [3.8, 4) is 0 Å². The van der Waals surface area contributed by atoms with Gasteiger partial charge < -0.3 is 0 Å². The first-order chi connectivity index (χ1) is 11.8. The Balaban J connectivity index is 2.54. The predicted molar refractivity (Wildman–Crippen MR) is 105 cm³/mol. The van der Waals surface area contributed by atoms with Crippen LogP contribution in [0.15, 0.2) is 78.0 Å². The van der Waals surface area contributed by atoms with E-state index in [-0.39, 0.29) is 11.7 Å². The molecule has 0 bridgehead atoms. The number of rotatable bonds is 7. The summed E-state index contributed by atoms with van der Waals surface area (Å²) in [5.74, 6) is 0. The fraction of sp³-hybridized carbons (Fsp3) is 0.200. The van der Waals surface area contributed by atoms with Gasteiger partial charge >= 0.3 is 0 Å². The summed E-state index contributed by atoms with van der Waals surface area (Å²) < 4.78 is 26.0. The van der Waals surface area contributed by atoms with Gasteiger partial charge in [-0.2, -0.15) is 0 Å². The molecule has 0 aliphatic carbocycles. The summed E-state index contributed by atoms with van der Waals surface area (Å²) in [6.07, 6.45) is 1.67. The fourth-order valence-corrected chi connectivity index (χ4v) is 3.86. The van der Waals surface area contributed by atoms with Crippen molar-refractivity contribution in [1.82, 2.24) is 4.31 Å². The first kappa shape index (κ1) is 19.3. The number of halogens is 1. The molecule has 2 rings (SSSR count). The van der Waals surface area contributed by atoms with E-state index in [9.17, 15) is 8.42 Å². The summed E-state index contributed by atoms with van der Waals surface area (Å²) in [5, 5.41) is 0.209. The van der Waals surface area contributed by atoms with Gasteiger partial charge in [-0.25, -0.2) is 8.42 Å². The van der Waals surface area contributed by atoms with Crippen molar-refractivity contribution < 1.29 is 8.42 Å². The van der Waals surface area contributed by atoms with E-state index >= 15 is 0 Å². The van der Waals surface area contributed by atoms with Crippen LogP contribution in [-0.2, 0) is 16.6 Å². The first-order valence-corrected chi connectivity index (χ1v) is 10.1. The normalized spacial score (nSPS) is 12.4. The maximum absolute atomic E-state index is 12.4. The Morgan fingerprint density at radius 2 is 1.56 bits per heavy atom. The Morgan fingerprint density at radius 1 is 1.04 bits per heavy atom. The minimum absolute atomic E-state index is 0.186. The predicted octanol–water partition coefficient (Wildman–Crippen LogP) is 5.02. The van der Waals surface area contributed by atoms with E-state index in [0.717, 1.165) is 22.3 Å². The highest BCUT2D eigenvalue weighted by molar-refractivity contribution is 7.88. The Morgan fingerprint density at radius 3 is 2.04 bits per heavy atom. The van der Waals surface area contributed by atoms with Crippen LogP contribution in [0.25, 0.3) is 5.57 Å². The molecule has 132 valence electrons. The van der Waals surface area contributed by atoms with Crippen molar-refractivity contribution in [2.45, 2.75) is 19.9 Å². The average molecular weight is 376 g/mol. The highest BCUT2D eigenvalue weighted by atomic mass is 35.5. The first-order valence-electron chi connectivity index (χ1n) is 7.89. The summed E-state index contributed by atoms with van der Waals surface area (Å²) >= 11 is 6.61. The van der Waals surface area contributed by atoms with Crippen molar-refractivity contribution in [2.24, 2.45) is 0 Å². The van der Waals surface area contributed by atoms with Gasteiger partial charge in [-0.05, 0) is 30.0 Å². The number of hydrogen-bond donors (Lipinski definition) is 0. The Bertz CT molecular complexity index is 859. The minimum atomic E-state index is -3.54. The Labute approximate surface area is 155 Å². The molecule has 0 radical (unpaired) electrons. The van der Waals surface area contributed by atoms with Gasteiger partial charge in [-0.3, -0.25) is 4.31 Å². The van der Waals surface area contributed by atoms with Crippen LogP contribution in [0.4, 0.5) is 0 Å². The van der Waals surface area contributed by atoms with Crippen molar-refractivity contribution in [2.75, 3.05) is 6.26 Å². The molecule has 0 atom stereocenters. The molecule has 0 aromatic heterocycles. The minimum Gasteiger partial charge on any atom is -0.255 e. The third kappa shape index (κ3) is 5.48. The number of benzene rings is 2. The van der Waals surface area contributed by atoms with Crippen molar-refractivity contribution in [1.29, 1.82) is 0 Å². The quantitative estimate of drug-likeness (QED) is 0.503. The summed E-state index contributed by atoms with van der Waals surface area (Å²) in [7, 11) is -3.54. The molecule has 0 spiro atoms. The number of hydrogen-bond acceptors (Lipinski definition) is 2. The van der Waals surface area contributed by atoms with Crippen LogP contribution >= 0.6 is 11.6 Å². The largest absolute Gasteiger partial charge is 0.255 e. The molecule has 25 heavy (non-hydrogen) atoms. The SMILES string of the molecule is C=C(C)C/C(=C(\Cl)N(Cc1ccccc1)S(C)(=O)=O)c1ccccc1. The van der Waals surface area contributed by atoms with E-state index in [1.54, 1.807) is 0 Å². The summed E-state index contributed by atoms with van der Waals surface area (Å²) in [6.45, 7) is 6.03. The molecule has 2 aromatic rings. The van der Waals surface area contributed by atoms with E-state index in [0.29, 0.717) is 6.42 Å². The third-order valence-electron chi connectivity index (χ3n) is 3.64. The highest BCUT2D eigenvalue weighted by Crippen LogP contribution is 2.31. The average Bonchev–Trinajstić information content (AvgIpc) is 2.57. The maximum atomic E-state index is 12.4. The van der Waals surface area contributed by atoms with Gasteiger partial charge in [0.2, 0.25) is 10.0 Å². The van der Waals surface area contributed by atoms with Gasteiger partial charge in [-0.15, -0.1) is 0 Å². The van der Waals surface area contributed by atoms with E-state index in [4.69, 9.17) is 11.6 Å². The Hall–Kier alpha value is -2.04. The molecule has 5 heteroatoms. The fourth-order valence-electron chi connectivity index (χ4n) is 2.47. The number of sulfonamides is 1. The van der Waals surface area contributed by atoms with Crippen LogP contribution in [0.2, 0.25) is 0 Å². The molecule has 0 heterocycles. The molecule has 0 saturated carbocycles. The lowest BCUT2D eigenvalue weighted by molar-refractivity contribution is 0.494. The molecule has 0 amide bonds. The van der Waals surface area contributed by atoms with Gasteiger partial charge in [0.25, 0.3) is 0 Å². The molecule has 2 aromatic carbocycles. The topological polar surface area (TPSA) is 37.4 Å². The van der Waals surface area contributed by atoms with Crippen molar-refractivity contribution >= 4 is 27.2 Å². The van der Waals surface area contributed by atoms with Crippen molar-refractivity contribution in [3.63, 3.8) is 0 Å². The molecular weight excluding hydrogens is 354 g/mol. The van der Waals surface area contributed by atoms with Crippen molar-refractivity contribution in [3.05, 3.63) is 89.1 Å². The lowest BCUT2D eigenvalue weighted by Crippen LogP contribution is -2.28. The van der Waals surface area contributed by atoms with Gasteiger partial charge in [-0.1, -0.05) is 84.4 Å². The number of nitrogens with zero attached hydrogens (tertiary/aromatic N) is 1. The number of allylic oxidation sites excluding steroid dienone is 2. The Kier molecular flexibility index (Phi) is 6.45. The summed E-state index contributed by atoms with van der Waals surface area (Å²) in [4.78, 5) is 0. The molecule has 0 fully saturated rings. The molecule has 0 aliphatic heterocycles. The molecule has 0 N–H and O–H groups in total. The molecule has 0 unspecified atom stereocenters. The second kappa shape index (κ2) is 8.37. The summed E-state index contributed by atoms with van der Waals surface area (Å²) in [5.41, 5.74) is 3.41. The van der Waals surface area contributed by atoms with E-state index in [1.165, 1.54) is 10.6 Å². The zero-order valence-corrected chi connectivity index (χ0v) is 16.0. The second-order valence-corrected chi connectivity index (χ2v) is 8.29. The molecule has 0 saturated heterocycles. The van der Waals surface area contributed by atoms with Crippen LogP contribution in [0.3, 0.4) is 0 Å². The van der Waals surface area contributed by atoms with Gasteiger partial charge in [0.1, 0.15) is 5.16 Å². The van der Waals surface area contributed by atoms with Gasteiger partial charge in [0, 0.05) is 0 Å². The molecular formula is C20H22ClNO2S. The van der Waals surface area contributed by atoms with Crippen LogP contribution < -0.4 is 0 Å². The lowest BCUT2D eigenvalue weighted by Gasteiger charge is -2.24. The summed E-state index contributed by atoms with van der Waals surface area (Å²) in [6, 6.07) is 19.0. The van der Waals surface area contributed by atoms with E-state index in [1.807, 2.05) is 67.6 Å². The van der Waals surface area contributed by atoms with Crippen LogP contribution in [0, 0.1) is 0 Å². The molecule has 3 nitrogen and oxygen atoms in total. The zero-order valence-electron chi connectivity index (χ0n) is 14.4. The van der Waals surface area contributed by atoms with E-state index in [2.05, 4.69) is 6.58 Å². The van der Waals surface area contributed by atoms with Gasteiger partial charge in [0.05, 0.1) is 12.8 Å². The maximum Gasteiger partial charge on any atom is 0.233 e. The standard InChI is InChI=1S/C20H22ClNO2S/c1-16(2)14-19(18-12-8-5-9-13-18)20(21)22(25(3,23)24)15-17-10-6-4-7-11-17/h4-13H,1,14-15H2,2-3H3/b20-19-.